The summed E-state index contributed by atoms with van der Waals surface area (Å²) in [6, 6.07) is 0. The molecule has 9 rings (SSSR count). The Balaban J connectivity index is 0.870. The van der Waals surface area contributed by atoms with Gasteiger partial charge in [-0.15, -0.1) is 0 Å². The van der Waals surface area contributed by atoms with E-state index in [0.29, 0.717) is 0 Å². The zero-order valence-electron chi connectivity index (χ0n) is 40.3. The van der Waals surface area contributed by atoms with Crippen molar-refractivity contribution >= 4 is 82.5 Å². The molecule has 39 nitrogen and oxygen atoms in total. The van der Waals surface area contributed by atoms with Crippen molar-refractivity contribution < 1.29 is 108 Å². The third-order valence-corrected chi connectivity index (χ3v) is 17.6. The van der Waals surface area contributed by atoms with E-state index in [1.54, 1.807) is 6.92 Å². The summed E-state index contributed by atoms with van der Waals surface area (Å²) in [5.74, 6) is -1.69. The SMILES string of the molecule is CCn1c[n+]([C@@H]2O[C@H](COP(=O)(O)OP(=O)(O)OP(=O)(O)OC[C@H]3O[C@@H](n4cnc5c(N)ncnc54)[C@H](OC)[C@@H]3OP(=O)(O)OC[C@H]3O[C@@H](n4cnc5c(=O)[nH]c(N)nc54)[C@H](O)[C@@H]3O)[C@@H](COC)[C@H]2O)c2nc(N)[nH]c(=O)c21. The average Bonchev–Trinajstić information content (AvgIpc) is 4.27. The summed E-state index contributed by atoms with van der Waals surface area (Å²) in [7, 11) is -21.0. The number of aryl methyl sites for hydroxylation is 1. The van der Waals surface area contributed by atoms with Gasteiger partial charge in [-0.25, -0.2) is 42.8 Å². The van der Waals surface area contributed by atoms with Gasteiger partial charge in [0.25, 0.3) is 17.1 Å². The minimum absolute atomic E-state index is 0.00199. The number of rotatable bonds is 22. The smallest absolute Gasteiger partial charge is 0.387 e. The number of nitrogen functional groups attached to an aromatic ring is 3. The maximum Gasteiger partial charge on any atom is 0.490 e. The average molecular weight is 1190 g/mol. The zero-order valence-corrected chi connectivity index (χ0v) is 43.9. The Morgan fingerprint density at radius 2 is 1.28 bits per heavy atom. The van der Waals surface area contributed by atoms with Crippen LogP contribution in [0.5, 0.6) is 0 Å². The van der Waals surface area contributed by atoms with Crippen LogP contribution in [0.2, 0.25) is 0 Å². The lowest BCUT2D eigenvalue weighted by Crippen LogP contribution is -2.45. The number of ether oxygens (including phenoxy) is 5. The molecule has 78 heavy (non-hydrogen) atoms. The Labute approximate surface area is 434 Å². The number of aliphatic hydroxyl groups is 3. The lowest BCUT2D eigenvalue weighted by atomic mass is 9.99. The normalized spacial score (nSPS) is 29.8. The molecule has 4 unspecified atom stereocenters. The van der Waals surface area contributed by atoms with E-state index in [4.69, 9.17) is 59.0 Å². The number of methoxy groups -OCH3 is 2. The molecule has 0 amide bonds. The first-order valence-corrected chi connectivity index (χ1v) is 28.6. The molecule has 0 spiro atoms. The molecule has 3 fully saturated rings. The van der Waals surface area contributed by atoms with Crippen molar-refractivity contribution in [1.29, 1.82) is 0 Å². The Morgan fingerprint density at radius 1 is 0.679 bits per heavy atom. The fraction of sp³-hybridized carbons (Fsp3) is 0.571. The van der Waals surface area contributed by atoms with Gasteiger partial charge in [0.1, 0.15) is 54.6 Å². The lowest BCUT2D eigenvalue weighted by Gasteiger charge is -2.26. The number of hydrogen-bond acceptors (Lipinski definition) is 29. The molecular weight excluding hydrogens is 1140 g/mol. The summed E-state index contributed by atoms with van der Waals surface area (Å²) in [5.41, 5.74) is 15.8. The first-order chi connectivity index (χ1) is 36.7. The van der Waals surface area contributed by atoms with Crippen LogP contribution in [0.1, 0.15) is 25.6 Å². The predicted octanol–water partition coefficient (Wildman–Crippen LogP) is -3.33. The molecule has 43 heteroatoms. The van der Waals surface area contributed by atoms with Crippen LogP contribution in [-0.2, 0) is 75.2 Å². The van der Waals surface area contributed by atoms with E-state index in [2.05, 4.69) is 48.5 Å². The molecule has 6 aromatic rings. The molecule has 428 valence electrons. The van der Waals surface area contributed by atoms with Gasteiger partial charge in [-0.2, -0.15) is 13.6 Å². The molecule has 3 aliphatic rings. The molecule has 0 saturated carbocycles. The highest BCUT2D eigenvalue weighted by molar-refractivity contribution is 7.66. The van der Waals surface area contributed by atoms with E-state index in [9.17, 15) is 62.7 Å². The van der Waals surface area contributed by atoms with Crippen LogP contribution in [0.25, 0.3) is 33.5 Å². The number of nitrogens with one attached hydrogen (secondary N) is 2. The number of aromatic amines is 2. The first-order valence-electron chi connectivity index (χ1n) is 22.6. The van der Waals surface area contributed by atoms with E-state index in [1.807, 2.05) is 0 Å². The first kappa shape index (κ1) is 57.5. The third kappa shape index (κ3) is 11.6. The molecule has 0 bridgehead atoms. The largest absolute Gasteiger partial charge is 0.490 e. The number of H-pyrrole nitrogens is 2. The molecule has 6 aromatic heterocycles. The van der Waals surface area contributed by atoms with Crippen LogP contribution in [0.3, 0.4) is 0 Å². The summed E-state index contributed by atoms with van der Waals surface area (Å²) in [6.45, 7) is -1.45. The summed E-state index contributed by atoms with van der Waals surface area (Å²) in [4.78, 5) is 96.7. The highest BCUT2D eigenvalue weighted by Gasteiger charge is 2.54. The minimum Gasteiger partial charge on any atom is -0.387 e. The Morgan fingerprint density at radius 3 is 1.95 bits per heavy atom. The van der Waals surface area contributed by atoms with Crippen LogP contribution >= 0.6 is 31.3 Å². The van der Waals surface area contributed by atoms with Gasteiger partial charge in [0.15, 0.2) is 41.4 Å². The van der Waals surface area contributed by atoms with E-state index < -0.39 is 136 Å². The number of fused-ring (bicyclic) bond motifs is 3. The van der Waals surface area contributed by atoms with Gasteiger partial charge in [-0.1, -0.05) is 4.98 Å². The number of aliphatic hydroxyl groups excluding tert-OH is 3. The van der Waals surface area contributed by atoms with Gasteiger partial charge >= 0.3 is 36.9 Å². The number of hydrogen-bond donors (Lipinski definition) is 12. The van der Waals surface area contributed by atoms with Crippen LogP contribution in [0, 0.1) is 5.92 Å². The van der Waals surface area contributed by atoms with Crippen LogP contribution < -0.4 is 32.9 Å². The van der Waals surface area contributed by atoms with E-state index in [1.165, 1.54) is 27.1 Å². The van der Waals surface area contributed by atoms with Crippen LogP contribution in [-0.4, -0.2) is 178 Å². The summed E-state index contributed by atoms with van der Waals surface area (Å²) in [6.07, 6.45) is -12.8. The Bertz CT molecular complexity index is 3530. The van der Waals surface area contributed by atoms with Gasteiger partial charge in [-0.3, -0.25) is 51.4 Å². The third-order valence-electron chi connectivity index (χ3n) is 12.3. The molecule has 3 saturated heterocycles. The van der Waals surface area contributed by atoms with Crippen molar-refractivity contribution in [2.24, 2.45) is 5.92 Å². The number of phosphoric ester groups is 3. The Hall–Kier alpha value is -5.15. The van der Waals surface area contributed by atoms with E-state index in [0.717, 1.165) is 30.7 Å². The number of imidazole rings is 3. The quantitative estimate of drug-likeness (QED) is 0.0234. The molecule has 0 aromatic carbocycles. The number of nitrogens with zero attached hydrogens (tertiary/aromatic N) is 10. The van der Waals surface area contributed by atoms with Gasteiger partial charge in [0.2, 0.25) is 17.7 Å². The standard InChI is InChI=1S/C35H49N15O24P4/c1-4-47-12-50(28-19(47)30(55)46-35(38)44-28)31-20(51)13(5-64-2)14(69-31)6-67-76(58,59)73-78(62,63)74-77(60,61)68-8-16-23(24(65-3)33(71-16)48-10-41-17-25(36)39-9-40-26(17)48)72-75(56,57)66-7-15-21(52)22(53)32(70-15)49-11-42-18-27(49)43-34(37)45-29(18)54/h9-16,20-24,31-33,51-53H,4-8H2,1-3H3,(H11-,36,37,38,39,40,43,44,45,46,54,55,56,57,58,59,60,61,62,63)/p+1/t13-,14-,15-,16-,20-,21-,22-,23-,24-,31-,32-,33-/m1/s1. The fourth-order valence-electron chi connectivity index (χ4n) is 8.92. The maximum atomic E-state index is 13.7. The molecular formula is C35H50N15O24P4+. The van der Waals surface area contributed by atoms with Gasteiger partial charge < -0.3 is 75.8 Å². The van der Waals surface area contributed by atoms with Gasteiger partial charge in [0, 0.05) is 20.1 Å². The minimum atomic E-state index is -6.18. The van der Waals surface area contributed by atoms with Gasteiger partial charge in [-0.05, 0) is 6.92 Å². The van der Waals surface area contributed by atoms with Crippen molar-refractivity contribution in [3.63, 3.8) is 0 Å². The fourth-order valence-corrected chi connectivity index (χ4v) is 13.4. The molecule has 0 radical (unpaired) electrons. The van der Waals surface area contributed by atoms with Gasteiger partial charge in [0.05, 0.1) is 51.7 Å². The van der Waals surface area contributed by atoms with Crippen molar-refractivity contribution in [3.05, 3.63) is 46.0 Å². The predicted molar refractivity (Wildman–Crippen MR) is 253 cm³/mol. The second-order valence-electron chi connectivity index (χ2n) is 17.3. The number of nitrogens with two attached hydrogens (primary N) is 3. The molecule has 3 aliphatic heterocycles. The summed E-state index contributed by atoms with van der Waals surface area (Å²) < 4.78 is 116. The Kier molecular flexibility index (Phi) is 16.3. The highest BCUT2D eigenvalue weighted by atomic mass is 31.3. The van der Waals surface area contributed by atoms with Crippen molar-refractivity contribution in [2.45, 2.75) is 81.0 Å². The topological polar surface area (TPSA) is 551 Å². The monoisotopic (exact) mass is 1190 g/mol. The second-order valence-corrected chi connectivity index (χ2v) is 23.3. The van der Waals surface area contributed by atoms with Crippen LogP contribution in [0.15, 0.2) is 34.9 Å². The van der Waals surface area contributed by atoms with Crippen molar-refractivity contribution in [1.82, 2.24) is 53.6 Å². The molecule has 16 atom stereocenters. The second kappa shape index (κ2) is 22.1. The van der Waals surface area contributed by atoms with Crippen molar-refractivity contribution in [2.75, 3.05) is 57.8 Å². The highest BCUT2D eigenvalue weighted by Crippen LogP contribution is 2.68. The molecule has 0 aliphatic carbocycles. The number of anilines is 3. The zero-order chi connectivity index (χ0) is 56.4. The van der Waals surface area contributed by atoms with E-state index >= 15 is 0 Å². The van der Waals surface area contributed by atoms with Crippen molar-refractivity contribution in [3.8, 4) is 0 Å². The summed E-state index contributed by atoms with van der Waals surface area (Å²) >= 11 is 0. The molecule has 15 N–H and O–H groups in total. The summed E-state index contributed by atoms with van der Waals surface area (Å²) in [5, 5.41) is 33.1. The number of phosphoric acid groups is 4. The van der Waals surface area contributed by atoms with Crippen LogP contribution in [0.4, 0.5) is 17.7 Å². The number of aromatic nitrogens is 12. The molecule has 9 heterocycles. The maximum absolute atomic E-state index is 13.7. The van der Waals surface area contributed by atoms with E-state index in [-0.39, 0.29) is 64.4 Å². The lowest BCUT2D eigenvalue weighted by molar-refractivity contribution is -0.746.